The maximum Gasteiger partial charge on any atom is 0.264 e. The lowest BCUT2D eigenvalue weighted by atomic mass is 10.1. The summed E-state index contributed by atoms with van der Waals surface area (Å²) in [6.07, 6.45) is 0.938. The van der Waals surface area contributed by atoms with E-state index < -0.39 is 15.7 Å². The summed E-state index contributed by atoms with van der Waals surface area (Å²) in [6.45, 7) is 1.50. The van der Waals surface area contributed by atoms with Crippen LogP contribution in [-0.4, -0.2) is 38.6 Å². The highest BCUT2D eigenvalue weighted by Crippen LogP contribution is 2.09. The fraction of sp³-hybridized carbons (Fsp3) is 0.500. The third-order valence-electron chi connectivity index (χ3n) is 2.11. The molecule has 0 fully saturated rings. The Morgan fingerprint density at radius 2 is 1.83 bits per heavy atom. The molecule has 6 heteroatoms. The molecular formula is C12H18O5S. The summed E-state index contributed by atoms with van der Waals surface area (Å²) in [4.78, 5) is 0. The van der Waals surface area contributed by atoms with Gasteiger partial charge in [-0.25, -0.2) is 0 Å². The van der Waals surface area contributed by atoms with Crippen LogP contribution in [0.25, 0.3) is 0 Å². The number of hydrogen-bond donors (Lipinski definition) is 1. The van der Waals surface area contributed by atoms with Crippen LogP contribution in [0.15, 0.2) is 30.3 Å². The summed E-state index contributed by atoms with van der Waals surface area (Å²) < 4.78 is 31.5. The SMILES string of the molecule is CC(O)(COCc1ccccc1)COS(C)(=O)=O. The normalized spacial score (nSPS) is 15.3. The smallest absolute Gasteiger partial charge is 0.264 e. The predicted molar refractivity (Wildman–Crippen MR) is 67.5 cm³/mol. The number of ether oxygens (including phenoxy) is 1. The number of rotatable bonds is 7. The molecule has 1 aromatic carbocycles. The summed E-state index contributed by atoms with van der Waals surface area (Å²) in [5.41, 5.74) is -0.352. The van der Waals surface area contributed by atoms with E-state index in [1.165, 1.54) is 6.92 Å². The Labute approximate surface area is 107 Å². The van der Waals surface area contributed by atoms with Crippen molar-refractivity contribution in [3.05, 3.63) is 35.9 Å². The van der Waals surface area contributed by atoms with Gasteiger partial charge < -0.3 is 9.84 Å². The summed E-state index contributed by atoms with van der Waals surface area (Å²) in [5.74, 6) is 0. The first kappa shape index (κ1) is 15.1. The molecule has 0 aliphatic rings. The second-order valence-corrected chi connectivity index (χ2v) is 6.09. The molecule has 0 saturated heterocycles. The van der Waals surface area contributed by atoms with E-state index in [4.69, 9.17) is 4.74 Å². The molecule has 102 valence electrons. The lowest BCUT2D eigenvalue weighted by Gasteiger charge is -2.22. The van der Waals surface area contributed by atoms with Gasteiger partial charge in [0.1, 0.15) is 5.60 Å². The van der Waals surface area contributed by atoms with E-state index >= 15 is 0 Å². The minimum atomic E-state index is -3.55. The first-order valence-electron chi connectivity index (χ1n) is 5.47. The molecule has 0 radical (unpaired) electrons. The zero-order valence-electron chi connectivity index (χ0n) is 10.5. The van der Waals surface area contributed by atoms with Crippen molar-refractivity contribution in [2.45, 2.75) is 19.1 Å². The molecule has 5 nitrogen and oxygen atoms in total. The van der Waals surface area contributed by atoms with Crippen LogP contribution in [-0.2, 0) is 25.6 Å². The molecule has 18 heavy (non-hydrogen) atoms. The highest BCUT2D eigenvalue weighted by molar-refractivity contribution is 7.85. The summed E-state index contributed by atoms with van der Waals surface area (Å²) >= 11 is 0. The Balaban J connectivity index is 2.33. The van der Waals surface area contributed by atoms with Gasteiger partial charge in [-0.15, -0.1) is 0 Å². The van der Waals surface area contributed by atoms with Crippen molar-refractivity contribution >= 4 is 10.1 Å². The van der Waals surface area contributed by atoms with Gasteiger partial charge in [-0.3, -0.25) is 4.18 Å². The topological polar surface area (TPSA) is 72.8 Å². The molecule has 0 heterocycles. The Hall–Kier alpha value is -0.950. The van der Waals surface area contributed by atoms with Crippen molar-refractivity contribution in [2.75, 3.05) is 19.5 Å². The zero-order chi connectivity index (χ0) is 13.6. The maximum absolute atomic E-state index is 10.8. The van der Waals surface area contributed by atoms with E-state index in [9.17, 15) is 13.5 Å². The molecule has 1 N–H and O–H groups in total. The third kappa shape index (κ3) is 6.70. The molecule has 0 aromatic heterocycles. The molecule has 0 saturated carbocycles. The van der Waals surface area contributed by atoms with Gasteiger partial charge >= 0.3 is 0 Å². The van der Waals surface area contributed by atoms with E-state index in [2.05, 4.69) is 4.18 Å². The molecular weight excluding hydrogens is 256 g/mol. The average molecular weight is 274 g/mol. The van der Waals surface area contributed by atoms with Crippen LogP contribution in [0, 0.1) is 0 Å². The molecule has 0 spiro atoms. The lowest BCUT2D eigenvalue weighted by Crippen LogP contribution is -2.37. The quantitative estimate of drug-likeness (QED) is 0.749. The minimum Gasteiger partial charge on any atom is -0.385 e. The minimum absolute atomic E-state index is 0.00257. The first-order chi connectivity index (χ1) is 8.29. The first-order valence-corrected chi connectivity index (χ1v) is 7.29. The molecule has 1 aromatic rings. The fourth-order valence-corrected chi connectivity index (χ4v) is 1.71. The van der Waals surface area contributed by atoms with Gasteiger partial charge in [0.15, 0.2) is 0 Å². The van der Waals surface area contributed by atoms with Crippen LogP contribution in [0.3, 0.4) is 0 Å². The Kier molecular flexibility index (Phi) is 5.28. The Morgan fingerprint density at radius 3 is 2.39 bits per heavy atom. The highest BCUT2D eigenvalue weighted by Gasteiger charge is 2.23. The zero-order valence-corrected chi connectivity index (χ0v) is 11.3. The van der Waals surface area contributed by atoms with E-state index in [1.807, 2.05) is 30.3 Å². The van der Waals surface area contributed by atoms with Crippen LogP contribution < -0.4 is 0 Å². The summed E-state index contributed by atoms with van der Waals surface area (Å²) in [6, 6.07) is 9.50. The Bertz CT molecular complexity index is 453. The van der Waals surface area contributed by atoms with E-state index in [-0.39, 0.29) is 13.2 Å². The second kappa shape index (κ2) is 6.29. The lowest BCUT2D eigenvalue weighted by molar-refractivity contribution is -0.0624. The van der Waals surface area contributed by atoms with Crippen LogP contribution in [0.4, 0.5) is 0 Å². The molecule has 0 amide bonds. The largest absolute Gasteiger partial charge is 0.385 e. The molecule has 1 atom stereocenters. The van der Waals surface area contributed by atoms with E-state index in [0.29, 0.717) is 6.61 Å². The van der Waals surface area contributed by atoms with Crippen molar-refractivity contribution < 1.29 is 22.4 Å². The van der Waals surface area contributed by atoms with Gasteiger partial charge in [0.05, 0.1) is 26.1 Å². The van der Waals surface area contributed by atoms with Gasteiger partial charge in [0.2, 0.25) is 0 Å². The van der Waals surface area contributed by atoms with Gasteiger partial charge in [-0.1, -0.05) is 30.3 Å². The van der Waals surface area contributed by atoms with Gasteiger partial charge in [0.25, 0.3) is 10.1 Å². The monoisotopic (exact) mass is 274 g/mol. The summed E-state index contributed by atoms with van der Waals surface area (Å²) in [7, 11) is -3.55. The molecule has 0 aliphatic carbocycles. The van der Waals surface area contributed by atoms with Crippen molar-refractivity contribution in [3.63, 3.8) is 0 Å². The fourth-order valence-electron chi connectivity index (χ4n) is 1.24. The standard InChI is InChI=1S/C12H18O5S/c1-12(13,10-17-18(2,14)15)9-16-8-11-6-4-3-5-7-11/h3-7,13H,8-10H2,1-2H3. The van der Waals surface area contributed by atoms with Crippen LogP contribution in [0.5, 0.6) is 0 Å². The van der Waals surface area contributed by atoms with Crippen molar-refractivity contribution in [2.24, 2.45) is 0 Å². The number of benzene rings is 1. The van der Waals surface area contributed by atoms with E-state index in [0.717, 1.165) is 11.8 Å². The second-order valence-electron chi connectivity index (χ2n) is 4.44. The number of hydrogen-bond acceptors (Lipinski definition) is 5. The molecule has 1 rings (SSSR count). The number of aliphatic hydroxyl groups is 1. The van der Waals surface area contributed by atoms with E-state index in [1.54, 1.807) is 0 Å². The Morgan fingerprint density at radius 1 is 1.22 bits per heavy atom. The van der Waals surface area contributed by atoms with Crippen LogP contribution in [0.2, 0.25) is 0 Å². The summed E-state index contributed by atoms with van der Waals surface area (Å²) in [5, 5.41) is 9.84. The van der Waals surface area contributed by atoms with Crippen LogP contribution >= 0.6 is 0 Å². The van der Waals surface area contributed by atoms with Crippen molar-refractivity contribution in [3.8, 4) is 0 Å². The molecule has 0 bridgehead atoms. The highest BCUT2D eigenvalue weighted by atomic mass is 32.2. The van der Waals surface area contributed by atoms with Gasteiger partial charge in [0, 0.05) is 0 Å². The van der Waals surface area contributed by atoms with Gasteiger partial charge in [-0.2, -0.15) is 8.42 Å². The van der Waals surface area contributed by atoms with Crippen molar-refractivity contribution in [1.29, 1.82) is 0 Å². The van der Waals surface area contributed by atoms with Gasteiger partial charge in [-0.05, 0) is 12.5 Å². The molecule has 1 unspecified atom stereocenters. The molecule has 0 aliphatic heterocycles. The van der Waals surface area contributed by atoms with Crippen molar-refractivity contribution in [1.82, 2.24) is 0 Å². The maximum atomic E-state index is 10.8. The predicted octanol–water partition coefficient (Wildman–Crippen LogP) is 0.930. The average Bonchev–Trinajstić information content (AvgIpc) is 2.27. The van der Waals surface area contributed by atoms with Crippen LogP contribution in [0.1, 0.15) is 12.5 Å². The third-order valence-corrected chi connectivity index (χ3v) is 2.65.